The lowest BCUT2D eigenvalue weighted by Crippen LogP contribution is -2.46. The van der Waals surface area contributed by atoms with Gasteiger partial charge in [0.1, 0.15) is 28.7 Å². The Bertz CT molecular complexity index is 1360. The Morgan fingerprint density at radius 1 is 1.19 bits per heavy atom. The lowest BCUT2D eigenvalue weighted by atomic mass is 10.1. The normalized spacial score (nSPS) is 18.7. The van der Waals surface area contributed by atoms with Gasteiger partial charge in [0.25, 0.3) is 10.0 Å². The number of halogens is 2. The monoisotopic (exact) mass is 533 g/mol. The van der Waals surface area contributed by atoms with Crippen LogP contribution in [0.15, 0.2) is 68.8 Å². The van der Waals surface area contributed by atoms with Gasteiger partial charge in [-0.25, -0.2) is 17.8 Å². The first kappa shape index (κ1) is 24.5. The predicted molar refractivity (Wildman–Crippen MR) is 134 cm³/mol. The molecule has 2 aliphatic heterocycles. The maximum absolute atomic E-state index is 14.8. The summed E-state index contributed by atoms with van der Waals surface area (Å²) in [6.45, 7) is 7.25. The smallest absolute Gasteiger partial charge is 0.265 e. The Hall–Kier alpha value is -3.22. The topological polar surface area (TPSA) is 107 Å². The maximum Gasteiger partial charge on any atom is 0.265 e. The number of pyridine rings is 1. The largest absolute Gasteiger partial charge is 0.471 e. The zero-order valence-electron chi connectivity index (χ0n) is 19.5. The SMILES string of the molecule is CCN1CCN(c2cncc(C3CN(c4c(F)ccc(NS(=O)(=O)c5ccoc5)c4Cl)N=N3)c2)CC1. The molecule has 0 aliphatic carbocycles. The molecule has 1 saturated heterocycles. The molecule has 13 heteroatoms. The van der Waals surface area contributed by atoms with Crippen molar-refractivity contribution < 1.29 is 17.2 Å². The van der Waals surface area contributed by atoms with Crippen molar-refractivity contribution in [3.05, 3.63) is 65.6 Å². The average molecular weight is 534 g/mol. The first-order valence-corrected chi connectivity index (χ1v) is 13.4. The minimum absolute atomic E-state index is 0.0165. The van der Waals surface area contributed by atoms with Crippen LogP contribution in [-0.4, -0.2) is 57.6 Å². The van der Waals surface area contributed by atoms with Crippen LogP contribution in [0.25, 0.3) is 0 Å². The molecule has 2 aromatic heterocycles. The molecule has 1 N–H and O–H groups in total. The van der Waals surface area contributed by atoms with Crippen molar-refractivity contribution in [1.29, 1.82) is 0 Å². The zero-order valence-corrected chi connectivity index (χ0v) is 21.1. The molecule has 0 radical (unpaired) electrons. The van der Waals surface area contributed by atoms with Gasteiger partial charge in [-0.3, -0.25) is 9.71 Å². The van der Waals surface area contributed by atoms with Gasteiger partial charge in [-0.2, -0.15) is 5.11 Å². The van der Waals surface area contributed by atoms with Crippen LogP contribution in [0.3, 0.4) is 0 Å². The molecular formula is C23H25ClFN7O3S. The molecule has 0 amide bonds. The minimum Gasteiger partial charge on any atom is -0.471 e. The number of benzene rings is 1. The summed E-state index contributed by atoms with van der Waals surface area (Å²) < 4.78 is 47.2. The van der Waals surface area contributed by atoms with Gasteiger partial charge in [0.2, 0.25) is 0 Å². The molecule has 1 aromatic carbocycles. The Morgan fingerprint density at radius 3 is 2.72 bits per heavy atom. The molecule has 5 rings (SSSR count). The highest BCUT2D eigenvalue weighted by Crippen LogP contribution is 2.40. The molecule has 190 valence electrons. The summed E-state index contributed by atoms with van der Waals surface area (Å²) >= 11 is 6.45. The van der Waals surface area contributed by atoms with Gasteiger partial charge in [-0.1, -0.05) is 23.7 Å². The van der Waals surface area contributed by atoms with E-state index in [9.17, 15) is 12.8 Å². The van der Waals surface area contributed by atoms with E-state index in [0.29, 0.717) is 0 Å². The van der Waals surface area contributed by atoms with Crippen LogP contribution >= 0.6 is 11.6 Å². The number of rotatable bonds is 7. The van der Waals surface area contributed by atoms with Crippen LogP contribution in [0.1, 0.15) is 18.5 Å². The number of anilines is 3. The first-order valence-electron chi connectivity index (χ1n) is 11.5. The van der Waals surface area contributed by atoms with Crippen LogP contribution < -0.4 is 14.6 Å². The molecular weight excluding hydrogens is 509 g/mol. The third kappa shape index (κ3) is 4.88. The van der Waals surface area contributed by atoms with E-state index in [0.717, 1.165) is 56.3 Å². The minimum atomic E-state index is -3.96. The van der Waals surface area contributed by atoms with Gasteiger partial charge in [0.15, 0.2) is 0 Å². The second kappa shape index (κ2) is 10.0. The standard InChI is InChI=1S/C23H25ClFN7O3S/c1-2-30-6-8-31(9-7-30)17-11-16(12-26-13-17)21-14-32(29-27-21)23-19(25)3-4-20(22(23)24)28-36(33,34)18-5-10-35-15-18/h3-5,10-13,15,21,28H,2,6-9,14H2,1H3. The van der Waals surface area contributed by atoms with Crippen molar-refractivity contribution in [2.24, 2.45) is 10.3 Å². The summed E-state index contributed by atoms with van der Waals surface area (Å²) in [7, 11) is -3.96. The second-order valence-corrected chi connectivity index (χ2v) is 10.6. The average Bonchev–Trinajstić information content (AvgIpc) is 3.60. The lowest BCUT2D eigenvalue weighted by Gasteiger charge is -2.35. The summed E-state index contributed by atoms with van der Waals surface area (Å²) in [5.41, 5.74) is 1.82. The Balaban J connectivity index is 1.33. The number of furan rings is 1. The van der Waals surface area contributed by atoms with E-state index in [1.807, 2.05) is 12.3 Å². The molecule has 0 saturated carbocycles. The quantitative estimate of drug-likeness (QED) is 0.481. The van der Waals surface area contributed by atoms with Gasteiger partial charge in [-0.05, 0) is 30.8 Å². The van der Waals surface area contributed by atoms with Crippen LogP contribution in [0.2, 0.25) is 5.02 Å². The molecule has 3 aromatic rings. The van der Waals surface area contributed by atoms with Crippen molar-refractivity contribution in [3.63, 3.8) is 0 Å². The van der Waals surface area contributed by atoms with E-state index in [-0.39, 0.29) is 33.9 Å². The van der Waals surface area contributed by atoms with Crippen LogP contribution in [0.5, 0.6) is 0 Å². The molecule has 1 fully saturated rings. The van der Waals surface area contributed by atoms with Gasteiger partial charge in [0, 0.05) is 37.9 Å². The molecule has 2 aliphatic rings. The van der Waals surface area contributed by atoms with Gasteiger partial charge < -0.3 is 14.2 Å². The fourth-order valence-electron chi connectivity index (χ4n) is 4.26. The van der Waals surface area contributed by atoms with Crippen molar-refractivity contribution in [2.75, 3.05) is 53.9 Å². The highest BCUT2D eigenvalue weighted by molar-refractivity contribution is 7.92. The third-order valence-electron chi connectivity index (χ3n) is 6.33. The number of aromatic nitrogens is 1. The van der Waals surface area contributed by atoms with Crippen molar-refractivity contribution in [3.8, 4) is 0 Å². The van der Waals surface area contributed by atoms with E-state index in [1.165, 1.54) is 23.4 Å². The number of nitrogens with zero attached hydrogens (tertiary/aromatic N) is 6. The number of likely N-dealkylation sites (N-methyl/N-ethyl adjacent to an activating group) is 1. The van der Waals surface area contributed by atoms with Crippen LogP contribution in [0.4, 0.5) is 21.5 Å². The Kier molecular flexibility index (Phi) is 6.82. The first-order chi connectivity index (χ1) is 17.4. The molecule has 0 spiro atoms. The number of sulfonamides is 1. The van der Waals surface area contributed by atoms with E-state index >= 15 is 0 Å². The summed E-state index contributed by atoms with van der Waals surface area (Å²) in [5.74, 6) is -0.647. The summed E-state index contributed by atoms with van der Waals surface area (Å²) in [6, 6.07) is 5.35. The number of piperazine rings is 1. The lowest BCUT2D eigenvalue weighted by molar-refractivity contribution is 0.271. The molecule has 10 nitrogen and oxygen atoms in total. The summed E-state index contributed by atoms with van der Waals surface area (Å²) in [5, 5.41) is 9.66. The van der Waals surface area contributed by atoms with Crippen molar-refractivity contribution in [2.45, 2.75) is 17.9 Å². The fourth-order valence-corrected chi connectivity index (χ4v) is 5.61. The van der Waals surface area contributed by atoms with E-state index in [4.69, 9.17) is 16.0 Å². The Labute approximate surface area is 213 Å². The fraction of sp³-hybridized carbons (Fsp3) is 0.348. The molecule has 36 heavy (non-hydrogen) atoms. The summed E-state index contributed by atoms with van der Waals surface area (Å²) in [4.78, 5) is 9.01. The van der Waals surface area contributed by atoms with Gasteiger partial charge in [0.05, 0.1) is 35.4 Å². The maximum atomic E-state index is 14.8. The molecule has 4 heterocycles. The van der Waals surface area contributed by atoms with Crippen LogP contribution in [-0.2, 0) is 10.0 Å². The number of nitrogens with one attached hydrogen (secondary N) is 1. The highest BCUT2D eigenvalue weighted by atomic mass is 35.5. The van der Waals surface area contributed by atoms with Gasteiger partial charge >= 0.3 is 0 Å². The van der Waals surface area contributed by atoms with E-state index in [2.05, 4.69) is 36.8 Å². The highest BCUT2D eigenvalue weighted by Gasteiger charge is 2.29. The summed E-state index contributed by atoms with van der Waals surface area (Å²) in [6.07, 6.45) is 5.89. The number of hydrogen-bond donors (Lipinski definition) is 1. The predicted octanol–water partition coefficient (Wildman–Crippen LogP) is 4.34. The van der Waals surface area contributed by atoms with Gasteiger partial charge in [-0.15, -0.1) is 0 Å². The van der Waals surface area contributed by atoms with Crippen LogP contribution in [0, 0.1) is 5.82 Å². The Morgan fingerprint density at radius 2 is 2.00 bits per heavy atom. The van der Waals surface area contributed by atoms with Crippen molar-refractivity contribution in [1.82, 2.24) is 9.88 Å². The second-order valence-electron chi connectivity index (χ2n) is 8.52. The third-order valence-corrected chi connectivity index (χ3v) is 8.06. The van der Waals surface area contributed by atoms with E-state index in [1.54, 1.807) is 6.20 Å². The number of hydrogen-bond acceptors (Lipinski definition) is 9. The zero-order chi connectivity index (χ0) is 25.3. The van der Waals surface area contributed by atoms with Crippen molar-refractivity contribution >= 4 is 38.7 Å². The van der Waals surface area contributed by atoms with E-state index < -0.39 is 15.8 Å². The molecule has 1 unspecified atom stereocenters. The molecule has 1 atom stereocenters. The molecule has 0 bridgehead atoms.